The highest BCUT2D eigenvalue weighted by Crippen LogP contribution is 2.17. The minimum Gasteiger partial charge on any atom is -0.462 e. The van der Waals surface area contributed by atoms with Gasteiger partial charge in [-0.2, -0.15) is 0 Å². The van der Waals surface area contributed by atoms with Gasteiger partial charge in [-0.3, -0.25) is 9.59 Å². The van der Waals surface area contributed by atoms with Gasteiger partial charge in [-0.25, -0.2) is 9.59 Å². The Morgan fingerprint density at radius 2 is 1.67 bits per heavy atom. The maximum atomic E-state index is 13.3. The van der Waals surface area contributed by atoms with E-state index in [2.05, 4.69) is 10.6 Å². The molecule has 0 fully saturated rings. The van der Waals surface area contributed by atoms with Gasteiger partial charge in [0.25, 0.3) is 0 Å². The molecule has 10 nitrogen and oxygen atoms in total. The van der Waals surface area contributed by atoms with E-state index < -0.39 is 30.1 Å². The molecule has 2 aromatic rings. The lowest BCUT2D eigenvalue weighted by Gasteiger charge is -2.28. The fraction of sp³-hybridized carbons (Fsp3) is 0.438. The van der Waals surface area contributed by atoms with E-state index >= 15 is 0 Å². The van der Waals surface area contributed by atoms with Crippen LogP contribution in [0.3, 0.4) is 0 Å². The van der Waals surface area contributed by atoms with Gasteiger partial charge in [-0.1, -0.05) is 86.7 Å². The summed E-state index contributed by atoms with van der Waals surface area (Å²) < 4.78 is 10.8. The van der Waals surface area contributed by atoms with Crippen LogP contribution in [0.5, 0.6) is 0 Å². The molecular formula is C32H41N3O7. The number of ether oxygens (including phenoxy) is 2. The van der Waals surface area contributed by atoms with Crippen molar-refractivity contribution in [2.24, 2.45) is 11.8 Å². The van der Waals surface area contributed by atoms with Gasteiger partial charge in [0.15, 0.2) is 0 Å². The van der Waals surface area contributed by atoms with Gasteiger partial charge in [0.1, 0.15) is 19.3 Å². The number of nitrogens with zero attached hydrogens (tertiary/aromatic N) is 1. The molecule has 0 saturated carbocycles. The highest BCUT2D eigenvalue weighted by molar-refractivity contribution is 5.86. The number of aliphatic hydroxyl groups excluding tert-OH is 1. The molecule has 3 rings (SSSR count). The number of cyclic esters (lactones) is 1. The number of carbonyl (C=O) groups excluding carboxylic acids is 4. The van der Waals surface area contributed by atoms with Crippen molar-refractivity contribution in [1.82, 2.24) is 15.5 Å². The number of carbonyl (C=O) groups is 4. The third-order valence-electron chi connectivity index (χ3n) is 7.02. The molecule has 3 atom stereocenters. The molecule has 2 aromatic carbocycles. The maximum absolute atomic E-state index is 13.3. The third-order valence-corrected chi connectivity index (χ3v) is 7.02. The summed E-state index contributed by atoms with van der Waals surface area (Å²) in [5.41, 5.74) is 1.73. The zero-order chi connectivity index (χ0) is 30.3. The van der Waals surface area contributed by atoms with Gasteiger partial charge < -0.3 is 30.1 Å². The molecule has 0 radical (unpaired) electrons. The molecule has 3 N–H and O–H groups in total. The van der Waals surface area contributed by atoms with Crippen molar-refractivity contribution >= 4 is 23.9 Å². The minimum absolute atomic E-state index is 0.0545. The quantitative estimate of drug-likeness (QED) is 0.290. The summed E-state index contributed by atoms with van der Waals surface area (Å²) in [7, 11) is 0. The Morgan fingerprint density at radius 3 is 2.31 bits per heavy atom. The Hall–Kier alpha value is -4.18. The number of nitrogens with one attached hydrogen (secondary N) is 2. The molecule has 1 heterocycles. The van der Waals surface area contributed by atoms with Gasteiger partial charge in [0.05, 0.1) is 18.6 Å². The molecule has 0 bridgehead atoms. The molecule has 0 spiro atoms. The molecule has 1 aliphatic rings. The normalized spacial score (nSPS) is 19.6. The Labute approximate surface area is 247 Å². The van der Waals surface area contributed by atoms with E-state index in [0.717, 1.165) is 11.1 Å². The van der Waals surface area contributed by atoms with Crippen LogP contribution in [0, 0.1) is 11.8 Å². The van der Waals surface area contributed by atoms with E-state index in [1.165, 1.54) is 0 Å². The summed E-state index contributed by atoms with van der Waals surface area (Å²) in [5, 5.41) is 15.1. The largest absolute Gasteiger partial charge is 0.462 e. The molecule has 0 aliphatic carbocycles. The standard InChI is InChI=1S/C32H41N3O7/c1-23(2)28-22-41-31(39)27(34-32(40)42-21-25-13-7-4-8-14-25)16-10-9-15-26(30(38)33-28)19-29(37)35(17-18-36)20-24-11-5-3-6-12-24/h3-14,23,26-28,36H,15-22H2,1-2H3,(H,33,38)(H,34,40). The van der Waals surface area contributed by atoms with Gasteiger partial charge in [-0.05, 0) is 29.9 Å². The number of aliphatic hydroxyl groups is 1. The van der Waals surface area contributed by atoms with E-state index in [4.69, 9.17) is 9.47 Å². The lowest BCUT2D eigenvalue weighted by Crippen LogP contribution is -2.48. The van der Waals surface area contributed by atoms with E-state index in [1.54, 1.807) is 17.1 Å². The molecule has 42 heavy (non-hydrogen) atoms. The predicted molar refractivity (Wildman–Crippen MR) is 157 cm³/mol. The molecule has 10 heteroatoms. The first-order chi connectivity index (χ1) is 20.3. The van der Waals surface area contributed by atoms with Gasteiger partial charge in [0, 0.05) is 19.5 Å². The van der Waals surface area contributed by atoms with Crippen molar-refractivity contribution in [2.75, 3.05) is 19.8 Å². The van der Waals surface area contributed by atoms with Gasteiger partial charge >= 0.3 is 12.1 Å². The van der Waals surface area contributed by atoms with Crippen molar-refractivity contribution in [3.63, 3.8) is 0 Å². The second kappa shape index (κ2) is 16.9. The average molecular weight is 580 g/mol. The highest BCUT2D eigenvalue weighted by atomic mass is 16.6. The Bertz CT molecular complexity index is 1190. The SMILES string of the molecule is CC(C)C1COC(=O)C(NC(=O)OCc2ccccc2)CC=CCC(CC(=O)N(CCO)Cc2ccccc2)C(=O)N1. The zero-order valence-electron chi connectivity index (χ0n) is 24.2. The summed E-state index contributed by atoms with van der Waals surface area (Å²) >= 11 is 0. The number of benzene rings is 2. The zero-order valence-corrected chi connectivity index (χ0v) is 24.2. The van der Waals surface area contributed by atoms with Crippen LogP contribution >= 0.6 is 0 Å². The van der Waals surface area contributed by atoms with Crippen LogP contribution in [0.4, 0.5) is 4.79 Å². The molecule has 226 valence electrons. The van der Waals surface area contributed by atoms with Crippen LogP contribution in [0.1, 0.15) is 44.2 Å². The van der Waals surface area contributed by atoms with Crippen LogP contribution in [0.15, 0.2) is 72.8 Å². The van der Waals surface area contributed by atoms with Crippen LogP contribution in [0.2, 0.25) is 0 Å². The monoisotopic (exact) mass is 579 g/mol. The van der Waals surface area contributed by atoms with Crippen molar-refractivity contribution in [3.8, 4) is 0 Å². The molecule has 3 amide bonds. The Morgan fingerprint density at radius 1 is 1.02 bits per heavy atom. The lowest BCUT2D eigenvalue weighted by atomic mass is 9.96. The summed E-state index contributed by atoms with van der Waals surface area (Å²) in [5.74, 6) is -1.94. The number of hydrogen-bond acceptors (Lipinski definition) is 7. The predicted octanol–water partition coefficient (Wildman–Crippen LogP) is 3.34. The van der Waals surface area contributed by atoms with Crippen molar-refractivity contribution < 1.29 is 33.8 Å². The number of allylic oxidation sites excluding steroid dienone is 1. The number of esters is 1. The van der Waals surface area contributed by atoms with Crippen molar-refractivity contribution in [3.05, 3.63) is 83.9 Å². The van der Waals surface area contributed by atoms with Gasteiger partial charge in [-0.15, -0.1) is 0 Å². The maximum Gasteiger partial charge on any atom is 0.408 e. The molecule has 0 aromatic heterocycles. The summed E-state index contributed by atoms with van der Waals surface area (Å²) in [6.45, 7) is 4.03. The molecule has 3 unspecified atom stereocenters. The van der Waals surface area contributed by atoms with Crippen LogP contribution in [-0.4, -0.2) is 65.7 Å². The van der Waals surface area contributed by atoms with Crippen molar-refractivity contribution in [2.45, 2.75) is 58.3 Å². The number of hydrogen-bond donors (Lipinski definition) is 3. The van der Waals surface area contributed by atoms with E-state index in [1.807, 2.05) is 74.5 Å². The molecule has 0 saturated heterocycles. The number of rotatable bonds is 10. The minimum atomic E-state index is -0.988. The van der Waals surface area contributed by atoms with Crippen LogP contribution in [0.25, 0.3) is 0 Å². The molecular weight excluding hydrogens is 538 g/mol. The number of alkyl carbamates (subject to hydrolysis) is 1. The van der Waals surface area contributed by atoms with E-state index in [9.17, 15) is 24.3 Å². The van der Waals surface area contributed by atoms with E-state index in [0.29, 0.717) is 6.54 Å². The Balaban J connectivity index is 1.70. The van der Waals surface area contributed by atoms with Crippen LogP contribution < -0.4 is 10.6 Å². The lowest BCUT2D eigenvalue weighted by molar-refractivity contribution is -0.148. The van der Waals surface area contributed by atoms with Gasteiger partial charge in [0.2, 0.25) is 11.8 Å². The number of amides is 3. The smallest absolute Gasteiger partial charge is 0.408 e. The fourth-order valence-corrected chi connectivity index (χ4v) is 4.43. The summed E-state index contributed by atoms with van der Waals surface area (Å²) in [6.07, 6.45) is 2.99. The first kappa shape index (κ1) is 32.3. The topological polar surface area (TPSA) is 134 Å². The Kier molecular flexibility index (Phi) is 13.0. The average Bonchev–Trinajstić information content (AvgIpc) is 2.98. The van der Waals surface area contributed by atoms with Crippen molar-refractivity contribution in [1.29, 1.82) is 0 Å². The summed E-state index contributed by atoms with van der Waals surface area (Å²) in [4.78, 5) is 53.5. The fourth-order valence-electron chi connectivity index (χ4n) is 4.43. The second-order valence-electron chi connectivity index (χ2n) is 10.6. The first-order valence-corrected chi connectivity index (χ1v) is 14.3. The molecule has 1 aliphatic heterocycles. The second-order valence-corrected chi connectivity index (χ2v) is 10.6. The summed E-state index contributed by atoms with van der Waals surface area (Å²) in [6, 6.07) is 17.2. The van der Waals surface area contributed by atoms with E-state index in [-0.39, 0.29) is 63.4 Å². The van der Waals surface area contributed by atoms with Crippen LogP contribution in [-0.2, 0) is 37.0 Å². The first-order valence-electron chi connectivity index (χ1n) is 14.3. The highest BCUT2D eigenvalue weighted by Gasteiger charge is 2.29. The third kappa shape index (κ3) is 10.7.